The van der Waals surface area contributed by atoms with Crippen LogP contribution in [-0.4, -0.2) is 24.7 Å². The van der Waals surface area contributed by atoms with E-state index in [0.717, 1.165) is 30.9 Å². The van der Waals surface area contributed by atoms with Crippen molar-refractivity contribution in [3.05, 3.63) is 23.8 Å². The summed E-state index contributed by atoms with van der Waals surface area (Å²) >= 11 is 0. The third kappa shape index (κ3) is 4.92. The number of anilines is 1. The number of hydrogen-bond donors (Lipinski definition) is 2. The quantitative estimate of drug-likeness (QED) is 0.745. The Morgan fingerprint density at radius 1 is 1.33 bits per heavy atom. The van der Waals surface area contributed by atoms with Gasteiger partial charge in [0, 0.05) is 6.04 Å². The molecule has 1 aromatic rings. The fourth-order valence-corrected chi connectivity index (χ4v) is 2.72. The van der Waals surface area contributed by atoms with Crippen LogP contribution in [0.15, 0.2) is 18.2 Å². The standard InChI is InChI=1S/C18H30N2O/c1-5-6-7-10-19-14(2)11-15-8-9-17-16(12-15)20-13-18(3,4)21-17/h8-9,12,14,19-20H,5-7,10-11,13H2,1-4H3. The van der Waals surface area contributed by atoms with Crippen LogP contribution in [0.4, 0.5) is 5.69 Å². The second-order valence-corrected chi connectivity index (χ2v) is 6.81. The molecule has 2 rings (SSSR count). The summed E-state index contributed by atoms with van der Waals surface area (Å²) in [4.78, 5) is 0. The smallest absolute Gasteiger partial charge is 0.143 e. The van der Waals surface area contributed by atoms with Gasteiger partial charge in [0.1, 0.15) is 11.4 Å². The van der Waals surface area contributed by atoms with Crippen molar-refractivity contribution in [1.29, 1.82) is 0 Å². The largest absolute Gasteiger partial charge is 0.484 e. The summed E-state index contributed by atoms with van der Waals surface area (Å²) in [7, 11) is 0. The molecule has 1 heterocycles. The fraction of sp³-hybridized carbons (Fsp3) is 0.667. The molecule has 0 aliphatic carbocycles. The highest BCUT2D eigenvalue weighted by Crippen LogP contribution is 2.33. The van der Waals surface area contributed by atoms with Crippen LogP contribution in [0.2, 0.25) is 0 Å². The molecule has 0 bridgehead atoms. The Kier molecular flexibility index (Phi) is 5.51. The number of ether oxygens (including phenoxy) is 1. The third-order valence-electron chi connectivity index (χ3n) is 3.95. The number of nitrogens with one attached hydrogen (secondary N) is 2. The van der Waals surface area contributed by atoms with Crippen LogP contribution in [-0.2, 0) is 6.42 Å². The zero-order valence-electron chi connectivity index (χ0n) is 14.0. The van der Waals surface area contributed by atoms with Gasteiger partial charge in [-0.2, -0.15) is 0 Å². The zero-order chi connectivity index (χ0) is 15.3. The SMILES string of the molecule is CCCCCNC(C)Cc1ccc2c(c1)NCC(C)(C)O2. The summed E-state index contributed by atoms with van der Waals surface area (Å²) in [5, 5.41) is 7.09. The summed E-state index contributed by atoms with van der Waals surface area (Å²) < 4.78 is 5.99. The lowest BCUT2D eigenvalue weighted by atomic mass is 10.0. The third-order valence-corrected chi connectivity index (χ3v) is 3.95. The van der Waals surface area contributed by atoms with Gasteiger partial charge in [0.15, 0.2) is 0 Å². The van der Waals surface area contributed by atoms with Crippen LogP contribution in [0.1, 0.15) is 52.5 Å². The Labute approximate surface area is 129 Å². The van der Waals surface area contributed by atoms with Crippen LogP contribution in [0.25, 0.3) is 0 Å². The lowest BCUT2D eigenvalue weighted by molar-refractivity contribution is 0.116. The minimum absolute atomic E-state index is 0.122. The van der Waals surface area contributed by atoms with Gasteiger partial charge in [0.05, 0.1) is 12.2 Å². The zero-order valence-corrected chi connectivity index (χ0v) is 14.0. The molecule has 3 heteroatoms. The number of benzene rings is 1. The van der Waals surface area contributed by atoms with Crippen LogP contribution in [0.5, 0.6) is 5.75 Å². The van der Waals surface area contributed by atoms with E-state index in [0.29, 0.717) is 6.04 Å². The van der Waals surface area contributed by atoms with Crippen molar-refractivity contribution in [1.82, 2.24) is 5.32 Å². The molecule has 3 nitrogen and oxygen atoms in total. The molecule has 2 N–H and O–H groups in total. The second-order valence-electron chi connectivity index (χ2n) is 6.81. The Hall–Kier alpha value is -1.22. The maximum absolute atomic E-state index is 5.99. The van der Waals surface area contributed by atoms with Crippen molar-refractivity contribution in [2.75, 3.05) is 18.4 Å². The highest BCUT2D eigenvalue weighted by atomic mass is 16.5. The predicted octanol–water partition coefficient (Wildman–Crippen LogP) is 3.98. The van der Waals surface area contributed by atoms with Crippen molar-refractivity contribution in [3.8, 4) is 5.75 Å². The van der Waals surface area contributed by atoms with E-state index in [-0.39, 0.29) is 5.60 Å². The fourth-order valence-electron chi connectivity index (χ4n) is 2.72. The van der Waals surface area contributed by atoms with Gasteiger partial charge in [-0.15, -0.1) is 0 Å². The molecule has 118 valence electrons. The molecule has 1 unspecified atom stereocenters. The lowest BCUT2D eigenvalue weighted by Gasteiger charge is -2.33. The molecule has 1 aliphatic rings. The van der Waals surface area contributed by atoms with Crippen LogP contribution >= 0.6 is 0 Å². The first-order valence-electron chi connectivity index (χ1n) is 8.29. The van der Waals surface area contributed by atoms with Crippen LogP contribution < -0.4 is 15.4 Å². The summed E-state index contributed by atoms with van der Waals surface area (Å²) in [6.07, 6.45) is 4.93. The lowest BCUT2D eigenvalue weighted by Crippen LogP contribution is -2.40. The van der Waals surface area contributed by atoms with Crippen LogP contribution in [0.3, 0.4) is 0 Å². The normalized spacial score (nSPS) is 17.5. The Balaban J connectivity index is 1.87. The monoisotopic (exact) mass is 290 g/mol. The van der Waals surface area contributed by atoms with E-state index in [4.69, 9.17) is 4.74 Å². The Bertz CT molecular complexity index is 457. The van der Waals surface area contributed by atoms with Gasteiger partial charge in [0.2, 0.25) is 0 Å². The minimum Gasteiger partial charge on any atom is -0.484 e. The average molecular weight is 290 g/mol. The van der Waals surface area contributed by atoms with Crippen molar-refractivity contribution in [2.24, 2.45) is 0 Å². The van der Waals surface area contributed by atoms with Crippen molar-refractivity contribution < 1.29 is 4.74 Å². The molecule has 0 saturated heterocycles. The molecule has 1 aromatic carbocycles. The van der Waals surface area contributed by atoms with Gasteiger partial charge in [0.25, 0.3) is 0 Å². The van der Waals surface area contributed by atoms with E-state index in [1.807, 2.05) is 0 Å². The average Bonchev–Trinajstić information content (AvgIpc) is 2.43. The molecule has 0 saturated carbocycles. The first-order chi connectivity index (χ1) is 10.00. The van der Waals surface area contributed by atoms with Crippen molar-refractivity contribution in [2.45, 2.75) is 65.0 Å². The van der Waals surface area contributed by atoms with Crippen molar-refractivity contribution >= 4 is 5.69 Å². The maximum Gasteiger partial charge on any atom is 0.143 e. The van der Waals surface area contributed by atoms with Gasteiger partial charge in [-0.25, -0.2) is 0 Å². The molecule has 1 atom stereocenters. The van der Waals surface area contributed by atoms with Crippen LogP contribution in [0, 0.1) is 0 Å². The number of hydrogen-bond acceptors (Lipinski definition) is 3. The Morgan fingerprint density at radius 3 is 2.90 bits per heavy atom. The first-order valence-corrected chi connectivity index (χ1v) is 8.29. The molecule has 0 radical (unpaired) electrons. The highest BCUT2D eigenvalue weighted by Gasteiger charge is 2.26. The van der Waals surface area contributed by atoms with Gasteiger partial charge >= 0.3 is 0 Å². The molecule has 0 amide bonds. The topological polar surface area (TPSA) is 33.3 Å². The number of rotatable bonds is 7. The minimum atomic E-state index is -0.122. The highest BCUT2D eigenvalue weighted by molar-refractivity contribution is 5.60. The number of unbranched alkanes of at least 4 members (excludes halogenated alkanes) is 2. The second kappa shape index (κ2) is 7.17. The molecular formula is C18H30N2O. The summed E-state index contributed by atoms with van der Waals surface area (Å²) in [6, 6.07) is 7.03. The maximum atomic E-state index is 5.99. The van der Waals surface area contributed by atoms with Gasteiger partial charge in [-0.05, 0) is 57.9 Å². The molecule has 21 heavy (non-hydrogen) atoms. The van der Waals surface area contributed by atoms with E-state index in [9.17, 15) is 0 Å². The Morgan fingerprint density at radius 2 is 2.14 bits per heavy atom. The first kappa shape index (κ1) is 16.2. The summed E-state index contributed by atoms with van der Waals surface area (Å²) in [6.45, 7) is 10.7. The summed E-state index contributed by atoms with van der Waals surface area (Å²) in [5.74, 6) is 0.971. The molecule has 0 aromatic heterocycles. The molecule has 0 spiro atoms. The molecular weight excluding hydrogens is 260 g/mol. The van der Waals surface area contributed by atoms with Gasteiger partial charge < -0.3 is 15.4 Å². The van der Waals surface area contributed by atoms with Gasteiger partial charge in [-0.1, -0.05) is 25.8 Å². The predicted molar refractivity (Wildman–Crippen MR) is 90.3 cm³/mol. The van der Waals surface area contributed by atoms with Crippen molar-refractivity contribution in [3.63, 3.8) is 0 Å². The van der Waals surface area contributed by atoms with E-state index >= 15 is 0 Å². The van der Waals surface area contributed by atoms with E-state index < -0.39 is 0 Å². The number of fused-ring (bicyclic) bond motifs is 1. The molecule has 0 fully saturated rings. The van der Waals surface area contributed by atoms with E-state index in [1.54, 1.807) is 0 Å². The molecule has 1 aliphatic heterocycles. The van der Waals surface area contributed by atoms with Gasteiger partial charge in [-0.3, -0.25) is 0 Å². The van der Waals surface area contributed by atoms with E-state index in [2.05, 4.69) is 56.5 Å². The van der Waals surface area contributed by atoms with E-state index in [1.165, 1.54) is 24.8 Å². The summed E-state index contributed by atoms with van der Waals surface area (Å²) in [5.41, 5.74) is 2.37.